The molecule has 2 fully saturated rings. The molecule has 1 saturated heterocycles. The number of benzene rings is 1. The second-order valence-electron chi connectivity index (χ2n) is 5.93. The van der Waals surface area contributed by atoms with Gasteiger partial charge in [-0.25, -0.2) is 9.18 Å². The lowest BCUT2D eigenvalue weighted by Crippen LogP contribution is -2.45. The predicted molar refractivity (Wildman–Crippen MR) is 79.8 cm³/mol. The summed E-state index contributed by atoms with van der Waals surface area (Å²) in [5, 5.41) is 5.41. The van der Waals surface area contributed by atoms with Crippen molar-refractivity contribution < 1.29 is 18.8 Å². The zero-order valence-electron chi connectivity index (χ0n) is 12.8. The third-order valence-electron chi connectivity index (χ3n) is 4.29. The van der Waals surface area contributed by atoms with Gasteiger partial charge >= 0.3 is 6.03 Å². The fourth-order valence-electron chi connectivity index (χ4n) is 2.79. The predicted octanol–water partition coefficient (Wildman–Crippen LogP) is 1.26. The van der Waals surface area contributed by atoms with Crippen molar-refractivity contribution in [1.29, 1.82) is 0 Å². The Hall–Kier alpha value is -2.44. The van der Waals surface area contributed by atoms with Crippen LogP contribution in [0.3, 0.4) is 0 Å². The fourth-order valence-corrected chi connectivity index (χ4v) is 2.79. The number of nitrogens with one attached hydrogen (secondary N) is 2. The second kappa shape index (κ2) is 5.64. The first-order chi connectivity index (χ1) is 11.0. The van der Waals surface area contributed by atoms with Gasteiger partial charge in [-0.1, -0.05) is 19.1 Å². The molecule has 4 amide bonds. The molecule has 0 bridgehead atoms. The van der Waals surface area contributed by atoms with Crippen LogP contribution in [-0.2, 0) is 15.1 Å². The van der Waals surface area contributed by atoms with Crippen LogP contribution in [0.4, 0.5) is 9.18 Å². The summed E-state index contributed by atoms with van der Waals surface area (Å²) in [7, 11) is 0. The van der Waals surface area contributed by atoms with Crippen molar-refractivity contribution in [2.24, 2.45) is 0 Å². The summed E-state index contributed by atoms with van der Waals surface area (Å²) in [5.74, 6) is -1.25. The Balaban J connectivity index is 1.82. The lowest BCUT2D eigenvalue weighted by Gasteiger charge is -2.25. The van der Waals surface area contributed by atoms with Crippen LogP contribution >= 0.6 is 0 Å². The Labute approximate surface area is 133 Å². The Kier molecular flexibility index (Phi) is 3.79. The van der Waals surface area contributed by atoms with Crippen LogP contribution in [-0.4, -0.2) is 35.3 Å². The van der Waals surface area contributed by atoms with Crippen LogP contribution in [0.2, 0.25) is 0 Å². The molecule has 1 saturated carbocycles. The van der Waals surface area contributed by atoms with Gasteiger partial charge in [0, 0.05) is 6.04 Å². The lowest BCUT2D eigenvalue weighted by molar-refractivity contribution is -0.135. The Morgan fingerprint density at radius 1 is 1.35 bits per heavy atom. The molecule has 1 aliphatic carbocycles. The Morgan fingerprint density at radius 3 is 2.57 bits per heavy atom. The molecule has 0 aromatic heterocycles. The van der Waals surface area contributed by atoms with E-state index in [4.69, 9.17) is 0 Å². The number of hydrogen-bond donors (Lipinski definition) is 2. The Morgan fingerprint density at radius 2 is 2.00 bits per heavy atom. The second-order valence-corrected chi connectivity index (χ2v) is 5.93. The monoisotopic (exact) mass is 319 g/mol. The molecule has 1 aromatic rings. The molecule has 122 valence electrons. The van der Waals surface area contributed by atoms with E-state index < -0.39 is 23.3 Å². The molecular formula is C16H18FN3O3. The van der Waals surface area contributed by atoms with E-state index in [0.29, 0.717) is 12.0 Å². The van der Waals surface area contributed by atoms with Crippen LogP contribution in [0, 0.1) is 5.82 Å². The number of amides is 4. The maximum Gasteiger partial charge on any atom is 0.325 e. The summed E-state index contributed by atoms with van der Waals surface area (Å²) in [6.45, 7) is 1.46. The van der Waals surface area contributed by atoms with E-state index >= 15 is 0 Å². The Bertz CT molecular complexity index is 657. The molecule has 1 aromatic carbocycles. The van der Waals surface area contributed by atoms with Crippen LogP contribution in [0.5, 0.6) is 0 Å². The quantitative estimate of drug-likeness (QED) is 0.802. The zero-order valence-corrected chi connectivity index (χ0v) is 12.8. The summed E-state index contributed by atoms with van der Waals surface area (Å²) in [5.41, 5.74) is -0.741. The number of hydrogen-bond acceptors (Lipinski definition) is 3. The smallest absolute Gasteiger partial charge is 0.325 e. The first-order valence-corrected chi connectivity index (χ1v) is 7.66. The van der Waals surface area contributed by atoms with Crippen LogP contribution in [0.25, 0.3) is 0 Å². The van der Waals surface area contributed by atoms with Crippen LogP contribution < -0.4 is 10.6 Å². The van der Waals surface area contributed by atoms with Crippen molar-refractivity contribution in [3.05, 3.63) is 35.6 Å². The average Bonchev–Trinajstić information content (AvgIpc) is 3.30. The van der Waals surface area contributed by atoms with E-state index in [-0.39, 0.29) is 18.5 Å². The van der Waals surface area contributed by atoms with Crippen molar-refractivity contribution in [3.8, 4) is 0 Å². The summed E-state index contributed by atoms with van der Waals surface area (Å²) >= 11 is 0. The molecule has 3 rings (SSSR count). The third-order valence-corrected chi connectivity index (χ3v) is 4.29. The highest BCUT2D eigenvalue weighted by atomic mass is 19.1. The first kappa shape index (κ1) is 15.5. The molecule has 2 aliphatic rings. The number of halogens is 1. The highest BCUT2D eigenvalue weighted by Crippen LogP contribution is 2.32. The number of urea groups is 1. The molecule has 1 heterocycles. The van der Waals surface area contributed by atoms with E-state index in [1.165, 1.54) is 24.3 Å². The van der Waals surface area contributed by atoms with Gasteiger partial charge in [0.1, 0.15) is 17.9 Å². The number of imide groups is 1. The highest BCUT2D eigenvalue weighted by Gasteiger charge is 2.51. The van der Waals surface area contributed by atoms with Gasteiger partial charge in [0.2, 0.25) is 5.91 Å². The van der Waals surface area contributed by atoms with Gasteiger partial charge in [-0.05, 0) is 37.0 Å². The summed E-state index contributed by atoms with van der Waals surface area (Å²) in [4.78, 5) is 37.7. The highest BCUT2D eigenvalue weighted by molar-refractivity contribution is 6.09. The molecule has 2 N–H and O–H groups in total. The van der Waals surface area contributed by atoms with Crippen molar-refractivity contribution in [1.82, 2.24) is 15.5 Å². The van der Waals surface area contributed by atoms with Gasteiger partial charge in [-0.15, -0.1) is 0 Å². The topological polar surface area (TPSA) is 78.5 Å². The van der Waals surface area contributed by atoms with Gasteiger partial charge in [-0.2, -0.15) is 0 Å². The van der Waals surface area contributed by atoms with Gasteiger partial charge in [0.05, 0.1) is 0 Å². The van der Waals surface area contributed by atoms with Gasteiger partial charge < -0.3 is 10.6 Å². The van der Waals surface area contributed by atoms with Crippen molar-refractivity contribution in [2.45, 2.75) is 37.8 Å². The molecular weight excluding hydrogens is 301 g/mol. The van der Waals surface area contributed by atoms with Gasteiger partial charge in [-0.3, -0.25) is 14.5 Å². The molecule has 1 aliphatic heterocycles. The van der Waals surface area contributed by atoms with Crippen LogP contribution in [0.15, 0.2) is 24.3 Å². The van der Waals surface area contributed by atoms with E-state index in [2.05, 4.69) is 10.6 Å². The van der Waals surface area contributed by atoms with Gasteiger partial charge in [0.15, 0.2) is 0 Å². The maximum atomic E-state index is 13.1. The van der Waals surface area contributed by atoms with E-state index in [9.17, 15) is 18.8 Å². The van der Waals surface area contributed by atoms with E-state index in [1.807, 2.05) is 0 Å². The van der Waals surface area contributed by atoms with Crippen molar-refractivity contribution >= 4 is 17.8 Å². The summed E-state index contributed by atoms with van der Waals surface area (Å²) in [6.07, 6.45) is 2.17. The fraction of sp³-hybridized carbons (Fsp3) is 0.438. The molecule has 1 atom stereocenters. The normalized spacial score (nSPS) is 23.8. The minimum atomic E-state index is -1.25. The van der Waals surface area contributed by atoms with Crippen molar-refractivity contribution in [3.63, 3.8) is 0 Å². The largest absolute Gasteiger partial charge is 0.352 e. The molecule has 0 radical (unpaired) electrons. The number of carbonyl (C=O) groups is 3. The third kappa shape index (κ3) is 2.78. The molecule has 0 spiro atoms. The SMILES string of the molecule is CC[C@@]1(c2ccc(F)cc2)NC(=O)N(CC(=O)NC2CC2)C1=O. The summed E-state index contributed by atoms with van der Waals surface area (Å²) < 4.78 is 13.1. The lowest BCUT2D eigenvalue weighted by atomic mass is 9.87. The van der Waals surface area contributed by atoms with E-state index in [0.717, 1.165) is 17.7 Å². The molecule has 23 heavy (non-hydrogen) atoms. The van der Waals surface area contributed by atoms with Gasteiger partial charge in [0.25, 0.3) is 5.91 Å². The van der Waals surface area contributed by atoms with Crippen LogP contribution in [0.1, 0.15) is 31.7 Å². The minimum absolute atomic E-state index is 0.163. The number of carbonyl (C=O) groups excluding carboxylic acids is 3. The zero-order chi connectivity index (χ0) is 16.6. The van der Waals surface area contributed by atoms with Crippen molar-refractivity contribution in [2.75, 3.05) is 6.54 Å². The minimum Gasteiger partial charge on any atom is -0.352 e. The van der Waals surface area contributed by atoms with E-state index in [1.54, 1.807) is 6.92 Å². The molecule has 0 unspecified atom stereocenters. The molecule has 6 nitrogen and oxygen atoms in total. The number of rotatable bonds is 5. The standard InChI is InChI=1S/C16H18FN3O3/c1-2-16(10-3-5-11(17)6-4-10)14(22)20(15(23)19-16)9-13(21)18-12-7-8-12/h3-6,12H,2,7-9H2,1H3,(H,18,21)(H,19,23)/t16-/m0/s1. The number of nitrogens with zero attached hydrogens (tertiary/aromatic N) is 1. The molecule has 7 heteroatoms. The average molecular weight is 319 g/mol. The summed E-state index contributed by atoms with van der Waals surface area (Å²) in [6, 6.07) is 5.00. The first-order valence-electron chi connectivity index (χ1n) is 7.66. The maximum absolute atomic E-state index is 13.1.